The molecular weight excluding hydrogens is 388 g/mol. The van der Waals surface area contributed by atoms with Crippen molar-refractivity contribution in [2.75, 3.05) is 6.61 Å². The molecule has 0 heterocycles. The number of benzene rings is 1. The molecule has 180 valence electrons. The van der Waals surface area contributed by atoms with Crippen molar-refractivity contribution in [1.82, 2.24) is 0 Å². The molecule has 2 fully saturated rings. The molecule has 1 aromatic carbocycles. The number of aryl methyl sites for hydroxylation is 1. The van der Waals surface area contributed by atoms with E-state index < -0.39 is 0 Å². The number of rotatable bonds is 13. The lowest BCUT2D eigenvalue weighted by Crippen LogP contribution is -2.15. The van der Waals surface area contributed by atoms with Crippen LogP contribution < -0.4 is 4.74 Å². The van der Waals surface area contributed by atoms with E-state index in [4.69, 9.17) is 4.74 Å². The van der Waals surface area contributed by atoms with Crippen LogP contribution in [0.3, 0.4) is 0 Å². The highest BCUT2D eigenvalue weighted by Gasteiger charge is 2.21. The maximum Gasteiger partial charge on any atom is 0.119 e. The van der Waals surface area contributed by atoms with E-state index in [2.05, 4.69) is 50.3 Å². The Bertz CT molecular complexity index is 614. The van der Waals surface area contributed by atoms with Gasteiger partial charge in [0, 0.05) is 0 Å². The Kier molecular flexibility index (Phi) is 11.8. The highest BCUT2D eigenvalue weighted by molar-refractivity contribution is 5.27. The van der Waals surface area contributed by atoms with Crippen molar-refractivity contribution < 1.29 is 4.74 Å². The van der Waals surface area contributed by atoms with Crippen LogP contribution in [-0.4, -0.2) is 6.61 Å². The van der Waals surface area contributed by atoms with Gasteiger partial charge in [0.2, 0.25) is 0 Å². The summed E-state index contributed by atoms with van der Waals surface area (Å²) in [5.41, 5.74) is 1.47. The summed E-state index contributed by atoms with van der Waals surface area (Å²) in [5.74, 6) is 4.76. The largest absolute Gasteiger partial charge is 0.490 e. The van der Waals surface area contributed by atoms with E-state index in [1.54, 1.807) is 0 Å². The van der Waals surface area contributed by atoms with Gasteiger partial charge in [-0.15, -0.1) is 0 Å². The molecule has 2 aliphatic carbocycles. The molecule has 32 heavy (non-hydrogen) atoms. The minimum atomic E-state index is 0.704. The van der Waals surface area contributed by atoms with Gasteiger partial charge in [-0.1, -0.05) is 102 Å². The Morgan fingerprint density at radius 3 is 2.00 bits per heavy atom. The molecule has 0 aromatic heterocycles. The molecule has 0 radical (unpaired) electrons. The predicted octanol–water partition coefficient (Wildman–Crippen LogP) is 9.55. The van der Waals surface area contributed by atoms with Crippen molar-refractivity contribution >= 4 is 0 Å². The Balaban J connectivity index is 1.27. The fraction of sp³-hybridized carbons (Fsp3) is 0.742. The third-order valence-corrected chi connectivity index (χ3v) is 8.29. The second-order valence-corrected chi connectivity index (χ2v) is 10.9. The van der Waals surface area contributed by atoms with Crippen LogP contribution in [-0.2, 0) is 6.42 Å². The molecule has 0 atom stereocenters. The third kappa shape index (κ3) is 9.32. The standard InChI is InChI=1S/C31H50O/c1-3-5-6-9-27-15-17-29(18-16-27)19-20-30-21-23-31(24-22-30)32-25-7-10-28-13-11-26(8-4-2)12-14-28/h7,10,21-24,26-29H,3-6,8-9,11-20,25H2,1-2H3/b10-7+/t26-,27-,28-,29-. The van der Waals surface area contributed by atoms with E-state index in [0.29, 0.717) is 6.61 Å². The fourth-order valence-electron chi connectivity index (χ4n) is 6.08. The summed E-state index contributed by atoms with van der Waals surface area (Å²) in [7, 11) is 0. The average molecular weight is 439 g/mol. The molecule has 2 saturated carbocycles. The topological polar surface area (TPSA) is 9.23 Å². The van der Waals surface area contributed by atoms with Crippen LogP contribution in [0.25, 0.3) is 0 Å². The van der Waals surface area contributed by atoms with Crippen molar-refractivity contribution in [2.24, 2.45) is 23.7 Å². The molecule has 0 saturated heterocycles. The van der Waals surface area contributed by atoms with Crippen molar-refractivity contribution in [3.63, 3.8) is 0 Å². The van der Waals surface area contributed by atoms with Gasteiger partial charge in [-0.3, -0.25) is 0 Å². The smallest absolute Gasteiger partial charge is 0.119 e. The van der Waals surface area contributed by atoms with E-state index in [1.165, 1.54) is 108 Å². The van der Waals surface area contributed by atoms with Gasteiger partial charge >= 0.3 is 0 Å². The van der Waals surface area contributed by atoms with Gasteiger partial charge in [0.15, 0.2) is 0 Å². The molecule has 0 aliphatic heterocycles. The van der Waals surface area contributed by atoms with Crippen LogP contribution in [0.1, 0.15) is 116 Å². The van der Waals surface area contributed by atoms with Gasteiger partial charge in [-0.2, -0.15) is 0 Å². The maximum absolute atomic E-state index is 5.97. The van der Waals surface area contributed by atoms with E-state index >= 15 is 0 Å². The third-order valence-electron chi connectivity index (χ3n) is 8.29. The van der Waals surface area contributed by atoms with Crippen molar-refractivity contribution in [3.8, 4) is 5.75 Å². The first-order valence-corrected chi connectivity index (χ1v) is 14.1. The maximum atomic E-state index is 5.97. The van der Waals surface area contributed by atoms with E-state index in [1.807, 2.05) is 0 Å². The monoisotopic (exact) mass is 438 g/mol. The summed E-state index contributed by atoms with van der Waals surface area (Å²) < 4.78 is 5.97. The molecule has 1 nitrogen and oxygen atoms in total. The second kappa shape index (κ2) is 14.8. The minimum absolute atomic E-state index is 0.704. The molecule has 0 amide bonds. The summed E-state index contributed by atoms with van der Waals surface area (Å²) in [5, 5.41) is 0. The average Bonchev–Trinajstić information content (AvgIpc) is 2.83. The van der Waals surface area contributed by atoms with Crippen LogP contribution >= 0.6 is 0 Å². The molecular formula is C31H50O. The van der Waals surface area contributed by atoms with Gasteiger partial charge in [0.05, 0.1) is 0 Å². The number of hydrogen-bond acceptors (Lipinski definition) is 1. The summed E-state index contributed by atoms with van der Waals surface area (Å²) in [6, 6.07) is 8.91. The van der Waals surface area contributed by atoms with Crippen LogP contribution in [0.15, 0.2) is 36.4 Å². The number of allylic oxidation sites excluding steroid dienone is 1. The number of ether oxygens (including phenoxy) is 1. The molecule has 2 aliphatic rings. The summed E-state index contributed by atoms with van der Waals surface area (Å²) >= 11 is 0. The molecule has 0 bridgehead atoms. The zero-order valence-electron chi connectivity index (χ0n) is 21.2. The van der Waals surface area contributed by atoms with Gasteiger partial charge in [-0.05, 0) is 79.9 Å². The van der Waals surface area contributed by atoms with E-state index in [-0.39, 0.29) is 0 Å². The first kappa shape index (κ1) is 25.4. The van der Waals surface area contributed by atoms with E-state index in [0.717, 1.165) is 29.4 Å². The van der Waals surface area contributed by atoms with Crippen molar-refractivity contribution in [3.05, 3.63) is 42.0 Å². The van der Waals surface area contributed by atoms with Crippen molar-refractivity contribution in [2.45, 2.75) is 117 Å². The minimum Gasteiger partial charge on any atom is -0.490 e. The Hall–Kier alpha value is -1.24. The normalized spacial score (nSPS) is 26.4. The highest BCUT2D eigenvalue weighted by atomic mass is 16.5. The Morgan fingerprint density at radius 1 is 0.719 bits per heavy atom. The Morgan fingerprint density at radius 2 is 1.34 bits per heavy atom. The summed E-state index contributed by atoms with van der Waals surface area (Å²) in [4.78, 5) is 0. The highest BCUT2D eigenvalue weighted by Crippen LogP contribution is 2.34. The van der Waals surface area contributed by atoms with Gasteiger partial charge in [0.1, 0.15) is 12.4 Å². The molecule has 1 heteroatoms. The van der Waals surface area contributed by atoms with Crippen LogP contribution in [0.2, 0.25) is 0 Å². The molecule has 1 aromatic rings. The van der Waals surface area contributed by atoms with Gasteiger partial charge < -0.3 is 4.74 Å². The fourth-order valence-corrected chi connectivity index (χ4v) is 6.08. The van der Waals surface area contributed by atoms with Crippen LogP contribution in [0, 0.1) is 23.7 Å². The molecule has 3 rings (SSSR count). The quantitative estimate of drug-likeness (QED) is 0.220. The van der Waals surface area contributed by atoms with Crippen LogP contribution in [0.4, 0.5) is 0 Å². The zero-order chi connectivity index (χ0) is 22.4. The van der Waals surface area contributed by atoms with Gasteiger partial charge in [0.25, 0.3) is 0 Å². The number of unbranched alkanes of at least 4 members (excludes halogenated alkanes) is 2. The van der Waals surface area contributed by atoms with Gasteiger partial charge in [-0.25, -0.2) is 0 Å². The van der Waals surface area contributed by atoms with E-state index in [9.17, 15) is 0 Å². The summed E-state index contributed by atoms with van der Waals surface area (Å²) in [6.07, 6.45) is 27.2. The second-order valence-electron chi connectivity index (χ2n) is 10.9. The first-order valence-electron chi connectivity index (χ1n) is 14.1. The predicted molar refractivity (Wildman–Crippen MR) is 139 cm³/mol. The lowest BCUT2D eigenvalue weighted by molar-refractivity contribution is 0.249. The van der Waals surface area contributed by atoms with Crippen LogP contribution in [0.5, 0.6) is 5.75 Å². The first-order chi connectivity index (χ1) is 15.8. The van der Waals surface area contributed by atoms with Crippen molar-refractivity contribution in [1.29, 1.82) is 0 Å². The molecule has 0 N–H and O–H groups in total. The SMILES string of the molecule is CCCCC[C@H]1CC[C@H](CCc2ccc(OC/C=C/[C@H]3CC[C@H](CCC)CC3)cc2)CC1. The lowest BCUT2D eigenvalue weighted by atomic mass is 9.78. The lowest BCUT2D eigenvalue weighted by Gasteiger charge is -2.28. The number of hydrogen-bond donors (Lipinski definition) is 0. The Labute approximate surface area is 199 Å². The summed E-state index contributed by atoms with van der Waals surface area (Å²) in [6.45, 7) is 5.33. The zero-order valence-corrected chi connectivity index (χ0v) is 21.2. The molecule has 0 unspecified atom stereocenters. The molecule has 0 spiro atoms.